The summed E-state index contributed by atoms with van der Waals surface area (Å²) in [5.41, 5.74) is 1.03. The molecule has 1 fully saturated rings. The van der Waals surface area contributed by atoms with Gasteiger partial charge in [0.05, 0.1) is 132 Å². The van der Waals surface area contributed by atoms with E-state index in [9.17, 15) is 63.6 Å². The molecule has 1 aliphatic heterocycles. The van der Waals surface area contributed by atoms with Crippen LogP contribution in [0.15, 0.2) is 24.3 Å². The van der Waals surface area contributed by atoms with E-state index >= 15 is 0 Å². The smallest absolute Gasteiger partial charge is 0.317 e. The number of carbonyl (C=O) groups excluding carboxylic acids is 5. The molecule has 30 nitrogen and oxygen atoms in total. The lowest BCUT2D eigenvalue weighted by atomic mass is 10.1. The van der Waals surface area contributed by atoms with Crippen LogP contribution in [0.4, 0.5) is 0 Å². The molecule has 1 aliphatic rings. The highest BCUT2D eigenvalue weighted by Gasteiger charge is 2.28. The Morgan fingerprint density at radius 1 is 0.402 bits per heavy atom. The molecule has 5 amide bonds. The van der Waals surface area contributed by atoms with Gasteiger partial charge in [0.15, 0.2) is 0 Å². The van der Waals surface area contributed by atoms with Crippen molar-refractivity contribution in [1.82, 2.24) is 46.2 Å². The summed E-state index contributed by atoms with van der Waals surface area (Å²) in [7, 11) is 0. The number of nitrogens with one attached hydrogen (secondary N) is 5. The van der Waals surface area contributed by atoms with Crippen LogP contribution in [0.5, 0.6) is 0 Å². The second kappa shape index (κ2) is 54.0. The molecule has 1 aromatic carbocycles. The zero-order valence-electron chi connectivity index (χ0n) is 53.9. The number of ether oxygens (including phenoxy) is 8. The fourth-order valence-electron chi connectivity index (χ4n) is 8.98. The summed E-state index contributed by atoms with van der Waals surface area (Å²) in [6.07, 6.45) is 2.70. The molecule has 1 heterocycles. The van der Waals surface area contributed by atoms with Crippen molar-refractivity contribution in [1.29, 1.82) is 0 Å². The molecule has 0 spiro atoms. The number of aliphatic carboxylic acids is 4. The molecule has 1 aromatic rings. The van der Waals surface area contributed by atoms with E-state index in [2.05, 4.69) is 63.0 Å². The average Bonchev–Trinajstić information content (AvgIpc) is 1.94. The van der Waals surface area contributed by atoms with Gasteiger partial charge in [-0.05, 0) is 91.2 Å². The molecule has 0 aliphatic carbocycles. The molecular weight excluding hydrogens is 1320 g/mol. The summed E-state index contributed by atoms with van der Waals surface area (Å²) in [5, 5.41) is 52.0. The van der Waals surface area contributed by atoms with Gasteiger partial charge in [-0.2, -0.15) is 0 Å². The number of benzene rings is 1. The van der Waals surface area contributed by atoms with E-state index < -0.39 is 60.1 Å². The summed E-state index contributed by atoms with van der Waals surface area (Å²) >= 11 is 2.20. The van der Waals surface area contributed by atoms with Crippen LogP contribution in [-0.2, 0) is 87.5 Å². The van der Waals surface area contributed by atoms with E-state index in [-0.39, 0.29) is 143 Å². The maximum Gasteiger partial charge on any atom is 0.317 e. The molecule has 526 valence electrons. The average molecular weight is 1430 g/mol. The number of aryl methyl sites for hydroxylation is 1. The Labute approximate surface area is 554 Å². The minimum absolute atomic E-state index is 0.0426. The number of hydrogen-bond donors (Lipinski definition) is 9. The monoisotopic (exact) mass is 1430 g/mol. The fraction of sp³-hybridized carbons (Fsp3) is 0.754. The summed E-state index contributed by atoms with van der Waals surface area (Å²) in [4.78, 5) is 119. The van der Waals surface area contributed by atoms with Gasteiger partial charge in [-0.15, -0.1) is 0 Å². The summed E-state index contributed by atoms with van der Waals surface area (Å²) in [6.45, 7) is 11.6. The maximum absolute atomic E-state index is 13.8. The molecule has 9 N–H and O–H groups in total. The zero-order valence-corrected chi connectivity index (χ0v) is 56.1. The first-order chi connectivity index (χ1) is 44.3. The Morgan fingerprint density at radius 3 is 1.21 bits per heavy atom. The van der Waals surface area contributed by atoms with Crippen molar-refractivity contribution in [3.63, 3.8) is 0 Å². The standard InChI is InChI=1S/C61H104IN9O21/c1-48(2)9-15-53(72)64-18-28-85-30-32-87-34-36-89-38-40-91-42-43-92-41-39-90-37-35-88-33-31-86-29-19-65-60(83)51(67-61(84)52(14-16-56(75)76)66-54(73)8-5-6-49-10-12-50(62)13-11-49)7-3-4-17-63-55(74)44-68-20-22-69(45-57(77)78)24-26-71(47-59(81)82)27-25-70(23-21-68)46-58(79)80/h10-13,48,51-52H,3-9,14-47H2,1-2H3,(H,63,74)(H,64,72)(H,65,83)(H,66,73)(H,67,84)(H,75,76)(H,77,78)(H,79,80)(H,81,82)/t51-,52-/m1/s1. The highest BCUT2D eigenvalue weighted by Crippen LogP contribution is 2.11. The van der Waals surface area contributed by atoms with E-state index in [1.165, 1.54) is 0 Å². The second-order valence-corrected chi connectivity index (χ2v) is 23.4. The van der Waals surface area contributed by atoms with Gasteiger partial charge in [-0.3, -0.25) is 62.8 Å². The highest BCUT2D eigenvalue weighted by atomic mass is 127. The molecule has 31 heteroatoms. The van der Waals surface area contributed by atoms with Crippen LogP contribution in [-0.4, -0.2) is 309 Å². The van der Waals surface area contributed by atoms with Crippen LogP contribution in [0.3, 0.4) is 0 Å². The lowest BCUT2D eigenvalue weighted by molar-refractivity contribution is -0.140. The highest BCUT2D eigenvalue weighted by molar-refractivity contribution is 14.1. The number of carboxylic acid groups (broad SMARTS) is 4. The van der Waals surface area contributed by atoms with Crippen LogP contribution in [0.2, 0.25) is 0 Å². The Kier molecular flexibility index (Phi) is 48.6. The number of unbranched alkanes of at least 4 members (excludes halogenated alkanes) is 1. The Bertz CT molecular complexity index is 2200. The molecule has 2 atom stereocenters. The van der Waals surface area contributed by atoms with Crippen molar-refractivity contribution in [3.8, 4) is 0 Å². The van der Waals surface area contributed by atoms with E-state index in [0.29, 0.717) is 130 Å². The molecule has 2 rings (SSSR count). The van der Waals surface area contributed by atoms with E-state index in [1.54, 1.807) is 19.6 Å². The molecule has 0 saturated carbocycles. The maximum atomic E-state index is 13.8. The number of carboxylic acids is 4. The van der Waals surface area contributed by atoms with Gasteiger partial charge in [0.2, 0.25) is 29.5 Å². The van der Waals surface area contributed by atoms with Crippen molar-refractivity contribution in [3.05, 3.63) is 33.4 Å². The first kappa shape index (κ1) is 82.8. The number of carbonyl (C=O) groups is 9. The summed E-state index contributed by atoms with van der Waals surface area (Å²) in [6, 6.07) is 5.48. The Morgan fingerprint density at radius 2 is 0.793 bits per heavy atom. The molecular formula is C61H104IN9O21. The van der Waals surface area contributed by atoms with Crippen LogP contribution in [0.25, 0.3) is 0 Å². The first-order valence-electron chi connectivity index (χ1n) is 31.8. The molecule has 0 radical (unpaired) electrons. The van der Waals surface area contributed by atoms with Crippen LogP contribution in [0, 0.1) is 9.49 Å². The van der Waals surface area contributed by atoms with Gasteiger partial charge in [0.25, 0.3) is 0 Å². The lowest BCUT2D eigenvalue weighted by Crippen LogP contribution is -2.54. The minimum atomic E-state index is -1.25. The minimum Gasteiger partial charge on any atom is -0.481 e. The number of rotatable bonds is 54. The predicted octanol–water partition coefficient (Wildman–Crippen LogP) is 0.0116. The number of amides is 5. The zero-order chi connectivity index (χ0) is 67.4. The van der Waals surface area contributed by atoms with Gasteiger partial charge >= 0.3 is 23.9 Å². The lowest BCUT2D eigenvalue weighted by Gasteiger charge is -2.32. The second-order valence-electron chi connectivity index (χ2n) is 22.2. The van der Waals surface area contributed by atoms with E-state index in [0.717, 1.165) is 15.6 Å². The molecule has 0 unspecified atom stereocenters. The Hall–Kier alpha value is -5.30. The van der Waals surface area contributed by atoms with E-state index in [1.807, 2.05) is 24.3 Å². The topological polar surface area (TPSA) is 382 Å². The fourth-order valence-corrected chi connectivity index (χ4v) is 9.33. The SMILES string of the molecule is CC(C)CCC(=O)NCCOCCOCCOCCOCCOCCOCCOCCOCCNC(=O)[C@@H](CCCCNC(=O)CN1CCN(CC(=O)O)CCN(CC(=O)O)CCN(CC(=O)O)CC1)NC(=O)[C@@H](CCC(=O)O)NC(=O)CCCc1ccc(I)cc1. The van der Waals surface area contributed by atoms with Gasteiger partial charge < -0.3 is 84.9 Å². The van der Waals surface area contributed by atoms with Gasteiger partial charge in [0.1, 0.15) is 12.1 Å². The third-order valence-electron chi connectivity index (χ3n) is 14.0. The predicted molar refractivity (Wildman–Crippen MR) is 345 cm³/mol. The van der Waals surface area contributed by atoms with E-state index in [4.69, 9.17) is 37.9 Å². The molecule has 0 bridgehead atoms. The third kappa shape index (κ3) is 47.6. The van der Waals surface area contributed by atoms with Crippen LogP contribution < -0.4 is 26.6 Å². The molecule has 92 heavy (non-hydrogen) atoms. The first-order valence-corrected chi connectivity index (χ1v) is 32.9. The normalized spacial score (nSPS) is 14.6. The number of nitrogens with zero attached hydrogens (tertiary/aromatic N) is 4. The largest absolute Gasteiger partial charge is 0.481 e. The van der Waals surface area contributed by atoms with Crippen molar-refractivity contribution in [2.75, 3.05) is 204 Å². The van der Waals surface area contributed by atoms with Crippen molar-refractivity contribution < 1.29 is 101 Å². The molecule has 0 aromatic heterocycles. The quantitative estimate of drug-likeness (QED) is 0.0306. The van der Waals surface area contributed by atoms with Gasteiger partial charge in [-0.25, -0.2) is 0 Å². The van der Waals surface area contributed by atoms with Gasteiger partial charge in [-0.1, -0.05) is 26.0 Å². The number of hydrogen-bond acceptors (Lipinski definition) is 21. The van der Waals surface area contributed by atoms with Crippen molar-refractivity contribution in [2.24, 2.45) is 5.92 Å². The van der Waals surface area contributed by atoms with Gasteiger partial charge in [0, 0.05) is 94.8 Å². The number of halogens is 1. The van der Waals surface area contributed by atoms with Crippen molar-refractivity contribution >= 4 is 76.0 Å². The van der Waals surface area contributed by atoms with Crippen LogP contribution >= 0.6 is 22.6 Å². The van der Waals surface area contributed by atoms with Crippen molar-refractivity contribution in [2.45, 2.75) is 90.1 Å². The summed E-state index contributed by atoms with van der Waals surface area (Å²) in [5.74, 6) is -5.95. The van der Waals surface area contributed by atoms with Crippen LogP contribution in [0.1, 0.15) is 77.2 Å². The third-order valence-corrected chi connectivity index (χ3v) is 14.7. The molecule has 1 saturated heterocycles. The summed E-state index contributed by atoms with van der Waals surface area (Å²) < 4.78 is 45.3. The Balaban J connectivity index is 1.79.